The van der Waals surface area contributed by atoms with Crippen LogP contribution < -0.4 is 21.6 Å². The fraction of sp³-hybridized carbons (Fsp3) is 0.294. The first-order valence-corrected chi connectivity index (χ1v) is 8.03. The van der Waals surface area contributed by atoms with Gasteiger partial charge in [-0.25, -0.2) is 4.57 Å². The molecule has 0 radical (unpaired) electrons. The molecule has 4 rings (SSSR count). The van der Waals surface area contributed by atoms with E-state index >= 15 is 0 Å². The van der Waals surface area contributed by atoms with Crippen molar-refractivity contribution in [3.8, 4) is 0 Å². The third-order valence-electron chi connectivity index (χ3n) is 4.76. The van der Waals surface area contributed by atoms with E-state index in [1.54, 1.807) is 18.3 Å². The van der Waals surface area contributed by atoms with E-state index in [0.717, 1.165) is 25.7 Å². The number of carbonyl (C=O) groups excluding carboxylic acids is 1. The zero-order valence-corrected chi connectivity index (χ0v) is 13.1. The maximum Gasteiger partial charge on any atom is 0.278 e. The van der Waals surface area contributed by atoms with Crippen molar-refractivity contribution in [1.82, 2.24) is 9.38 Å². The third-order valence-corrected chi connectivity index (χ3v) is 4.76. The largest absolute Gasteiger partial charge is 0.365 e. The molecule has 0 unspecified atom stereocenters. The first-order valence-electron chi connectivity index (χ1n) is 8.03. The van der Waals surface area contributed by atoms with Crippen molar-refractivity contribution in [2.24, 2.45) is 5.73 Å². The van der Waals surface area contributed by atoms with E-state index in [2.05, 4.69) is 4.98 Å². The number of rotatable bonds is 2. The maximum absolute atomic E-state index is 12.9. The topological polar surface area (TPSA) is 107 Å². The molecule has 0 aromatic carbocycles. The first-order chi connectivity index (χ1) is 11.6. The van der Waals surface area contributed by atoms with E-state index in [-0.39, 0.29) is 23.0 Å². The Bertz CT molecular complexity index is 1030. The maximum atomic E-state index is 12.9. The number of fused-ring (bicyclic) bond motifs is 2. The zero-order chi connectivity index (χ0) is 16.8. The number of nitrogens with zero attached hydrogens (tertiary/aromatic N) is 3. The van der Waals surface area contributed by atoms with Gasteiger partial charge in [-0.1, -0.05) is 11.1 Å². The highest BCUT2D eigenvalue weighted by Gasteiger charge is 2.29. The number of pyridine rings is 2. The fourth-order valence-electron chi connectivity index (χ4n) is 3.59. The van der Waals surface area contributed by atoms with Crippen LogP contribution in [0.5, 0.6) is 0 Å². The normalized spacial score (nSPS) is 15.3. The Labute approximate surface area is 137 Å². The summed E-state index contributed by atoms with van der Waals surface area (Å²) in [6.45, 7) is 0. The van der Waals surface area contributed by atoms with Crippen LogP contribution in [-0.4, -0.2) is 15.3 Å². The molecule has 1 aliphatic rings. The van der Waals surface area contributed by atoms with E-state index in [4.69, 9.17) is 11.5 Å². The highest BCUT2D eigenvalue weighted by Crippen LogP contribution is 2.28. The number of hydrogen-bond donors (Lipinski definition) is 2. The Kier molecular flexibility index (Phi) is 3.23. The average molecular weight is 324 g/mol. The molecule has 0 bridgehead atoms. The quantitative estimate of drug-likeness (QED) is 0.540. The smallest absolute Gasteiger partial charge is 0.278 e. The van der Waals surface area contributed by atoms with Crippen LogP contribution in [0.2, 0.25) is 0 Å². The van der Waals surface area contributed by atoms with Crippen LogP contribution in [0, 0.1) is 0 Å². The summed E-state index contributed by atoms with van der Waals surface area (Å²) in [5.41, 5.74) is 12.7. The fourth-order valence-corrected chi connectivity index (χ4v) is 3.59. The Hall–Kier alpha value is -2.96. The predicted octanol–water partition coefficient (Wildman–Crippen LogP) is 0.931. The van der Waals surface area contributed by atoms with Crippen molar-refractivity contribution in [2.75, 3.05) is 5.73 Å². The molecule has 7 heteroatoms. The van der Waals surface area contributed by atoms with Crippen LogP contribution in [0.1, 0.15) is 42.1 Å². The predicted molar refractivity (Wildman–Crippen MR) is 89.6 cm³/mol. The molecular weight excluding hydrogens is 306 g/mol. The Morgan fingerprint density at radius 1 is 1.29 bits per heavy atom. The lowest BCUT2D eigenvalue weighted by molar-refractivity contribution is -0.685. The first kappa shape index (κ1) is 14.6. The molecule has 1 saturated carbocycles. The number of hydrogen-bond acceptors (Lipinski definition) is 4. The number of carbonyl (C=O) groups is 1. The molecule has 4 N–H and O–H groups in total. The molecule has 1 fully saturated rings. The summed E-state index contributed by atoms with van der Waals surface area (Å²) in [5.74, 6) is -0.354. The molecule has 0 aliphatic heterocycles. The van der Waals surface area contributed by atoms with E-state index < -0.39 is 5.91 Å². The van der Waals surface area contributed by atoms with Crippen LogP contribution in [0.25, 0.3) is 16.7 Å². The minimum atomic E-state index is -0.640. The highest BCUT2D eigenvalue weighted by atomic mass is 16.1. The van der Waals surface area contributed by atoms with Crippen LogP contribution in [0.3, 0.4) is 0 Å². The summed E-state index contributed by atoms with van der Waals surface area (Å²) in [6, 6.07) is 6.96. The zero-order valence-electron chi connectivity index (χ0n) is 13.1. The van der Waals surface area contributed by atoms with Gasteiger partial charge in [-0.3, -0.25) is 14.0 Å². The Morgan fingerprint density at radius 3 is 2.75 bits per heavy atom. The second-order valence-corrected chi connectivity index (χ2v) is 6.20. The van der Waals surface area contributed by atoms with Crippen molar-refractivity contribution in [3.05, 3.63) is 46.4 Å². The summed E-state index contributed by atoms with van der Waals surface area (Å²) < 4.78 is 3.29. The summed E-state index contributed by atoms with van der Waals surface area (Å²) in [5, 5.41) is 0.355. The SMILES string of the molecule is NC(=O)c1cc2c(=O)n3ccccc3nc2[n+](C2CCCC2)c1N. The molecule has 122 valence electrons. The van der Waals surface area contributed by atoms with E-state index in [1.165, 1.54) is 10.5 Å². The van der Waals surface area contributed by atoms with Gasteiger partial charge in [0.2, 0.25) is 11.5 Å². The molecule has 1 aliphatic carbocycles. The third kappa shape index (κ3) is 2.05. The number of aromatic nitrogens is 3. The van der Waals surface area contributed by atoms with E-state index in [1.807, 2.05) is 10.6 Å². The summed E-state index contributed by atoms with van der Waals surface area (Å²) >= 11 is 0. The molecule has 3 heterocycles. The molecular formula is C17H18N5O2+. The van der Waals surface area contributed by atoms with E-state index in [9.17, 15) is 9.59 Å². The minimum absolute atomic E-state index is 0.130. The van der Waals surface area contributed by atoms with E-state index in [0.29, 0.717) is 16.7 Å². The molecule has 3 aromatic rings. The van der Waals surface area contributed by atoms with Gasteiger partial charge in [0.1, 0.15) is 10.9 Å². The van der Waals surface area contributed by atoms with Gasteiger partial charge in [-0.15, -0.1) is 0 Å². The number of amides is 1. The van der Waals surface area contributed by atoms with Gasteiger partial charge in [-0.2, -0.15) is 0 Å². The van der Waals surface area contributed by atoms with Crippen LogP contribution in [-0.2, 0) is 0 Å². The lowest BCUT2D eigenvalue weighted by Crippen LogP contribution is -2.45. The number of nitrogens with two attached hydrogens (primary N) is 2. The van der Waals surface area contributed by atoms with Gasteiger partial charge in [0.15, 0.2) is 0 Å². The van der Waals surface area contributed by atoms with Gasteiger partial charge in [0.05, 0.1) is 6.04 Å². The monoisotopic (exact) mass is 324 g/mol. The van der Waals surface area contributed by atoms with Crippen molar-refractivity contribution in [2.45, 2.75) is 31.7 Å². The Morgan fingerprint density at radius 2 is 2.04 bits per heavy atom. The van der Waals surface area contributed by atoms with Gasteiger partial charge in [0.25, 0.3) is 17.1 Å². The van der Waals surface area contributed by atoms with Crippen molar-refractivity contribution >= 4 is 28.4 Å². The van der Waals surface area contributed by atoms with Crippen molar-refractivity contribution < 1.29 is 9.36 Å². The molecule has 0 spiro atoms. The van der Waals surface area contributed by atoms with Gasteiger partial charge >= 0.3 is 0 Å². The summed E-state index contributed by atoms with van der Waals surface area (Å²) in [6.07, 6.45) is 5.73. The van der Waals surface area contributed by atoms with Gasteiger partial charge in [-0.05, 0) is 43.9 Å². The number of anilines is 1. The summed E-state index contributed by atoms with van der Waals surface area (Å²) in [4.78, 5) is 29.3. The van der Waals surface area contributed by atoms with Gasteiger partial charge in [0, 0.05) is 6.20 Å². The number of nitrogen functional groups attached to an aromatic ring is 1. The van der Waals surface area contributed by atoms with Crippen LogP contribution in [0.4, 0.5) is 5.82 Å². The van der Waals surface area contributed by atoms with Crippen molar-refractivity contribution in [3.63, 3.8) is 0 Å². The molecule has 24 heavy (non-hydrogen) atoms. The second-order valence-electron chi connectivity index (χ2n) is 6.20. The Balaban J connectivity index is 2.18. The molecule has 0 atom stereocenters. The highest BCUT2D eigenvalue weighted by molar-refractivity contribution is 5.99. The minimum Gasteiger partial charge on any atom is -0.365 e. The van der Waals surface area contributed by atoms with Crippen molar-refractivity contribution in [1.29, 1.82) is 0 Å². The van der Waals surface area contributed by atoms with Crippen LogP contribution >= 0.6 is 0 Å². The second kappa shape index (κ2) is 5.30. The molecule has 1 amide bonds. The molecule has 7 nitrogen and oxygen atoms in total. The summed E-state index contributed by atoms with van der Waals surface area (Å²) in [7, 11) is 0. The standard InChI is InChI=1S/C17H17N5O2/c18-14-11(15(19)23)9-12-16(22(14)10-5-1-2-6-10)20-13-7-3-4-8-21(13)17(12)24/h3-4,7-10,18H,1-2,5-6H2,(H2,19,23)/p+1. The van der Waals surface area contributed by atoms with Gasteiger partial charge < -0.3 is 11.5 Å². The molecule has 0 saturated heterocycles. The molecule has 3 aromatic heterocycles. The average Bonchev–Trinajstić information content (AvgIpc) is 3.08. The lowest BCUT2D eigenvalue weighted by Gasteiger charge is -2.15. The number of primary amides is 1. The van der Waals surface area contributed by atoms with Crippen LogP contribution in [0.15, 0.2) is 35.3 Å². The lowest BCUT2D eigenvalue weighted by atomic mass is 10.1.